The van der Waals surface area contributed by atoms with Gasteiger partial charge in [-0.05, 0) is 56.4 Å². The number of benzene rings is 1. The molecule has 0 atom stereocenters. The average molecular weight is 401 g/mol. The zero-order valence-corrected chi connectivity index (χ0v) is 17.2. The number of hydrogen-bond donors (Lipinski definition) is 1. The number of thiophene rings is 1. The number of carbonyl (C=O) groups is 2. The van der Waals surface area contributed by atoms with Gasteiger partial charge in [0.15, 0.2) is 0 Å². The van der Waals surface area contributed by atoms with E-state index >= 15 is 0 Å². The van der Waals surface area contributed by atoms with E-state index in [1.54, 1.807) is 18.7 Å². The fraction of sp³-hybridized carbons (Fsp3) is 0.250. The third kappa shape index (κ3) is 5.00. The van der Waals surface area contributed by atoms with Gasteiger partial charge < -0.3 is 10.1 Å². The molecule has 1 amide bonds. The van der Waals surface area contributed by atoms with Crippen molar-refractivity contribution in [3.8, 4) is 6.07 Å². The molecule has 0 spiro atoms. The number of nitrogens with zero attached hydrogens (tertiary/aromatic N) is 1. The minimum absolute atomic E-state index is 0.0367. The second-order valence-electron chi connectivity index (χ2n) is 5.60. The number of thioether (sulfide) groups is 1. The maximum atomic E-state index is 12.6. The molecule has 0 saturated carbocycles. The van der Waals surface area contributed by atoms with Crippen LogP contribution in [0, 0.1) is 25.2 Å². The molecule has 0 unspecified atom stereocenters. The molecule has 2 rings (SSSR count). The Balaban J connectivity index is 2.29. The van der Waals surface area contributed by atoms with E-state index in [4.69, 9.17) is 4.74 Å². The van der Waals surface area contributed by atoms with Gasteiger partial charge in [0.2, 0.25) is 0 Å². The number of nitriles is 1. The van der Waals surface area contributed by atoms with Gasteiger partial charge >= 0.3 is 5.97 Å². The predicted molar refractivity (Wildman–Crippen MR) is 110 cm³/mol. The lowest BCUT2D eigenvalue weighted by Gasteiger charge is -2.07. The molecule has 2 aromatic rings. The number of aryl methyl sites for hydroxylation is 1. The summed E-state index contributed by atoms with van der Waals surface area (Å²) in [5.41, 5.74) is 1.83. The van der Waals surface area contributed by atoms with Crippen molar-refractivity contribution in [2.45, 2.75) is 25.7 Å². The van der Waals surface area contributed by atoms with Crippen LogP contribution in [0.3, 0.4) is 0 Å². The van der Waals surface area contributed by atoms with Gasteiger partial charge in [0.1, 0.15) is 16.6 Å². The van der Waals surface area contributed by atoms with Gasteiger partial charge in [0.25, 0.3) is 5.91 Å². The van der Waals surface area contributed by atoms with Crippen LogP contribution in [-0.2, 0) is 9.53 Å². The molecular weight excluding hydrogens is 380 g/mol. The highest BCUT2D eigenvalue weighted by molar-refractivity contribution is 7.98. The van der Waals surface area contributed by atoms with Crippen molar-refractivity contribution in [1.82, 2.24) is 0 Å². The number of esters is 1. The largest absolute Gasteiger partial charge is 0.462 e. The SMILES string of the molecule is CCOC(=O)c1c(NC(=O)/C(C#N)=C/c2ccc(SC)cc2)sc(C)c1C. The second-order valence-corrected chi connectivity index (χ2v) is 7.71. The van der Waals surface area contributed by atoms with Crippen LogP contribution in [0.15, 0.2) is 34.7 Å². The first-order chi connectivity index (χ1) is 12.9. The Morgan fingerprint density at radius 2 is 1.96 bits per heavy atom. The molecule has 1 aromatic heterocycles. The number of amides is 1. The summed E-state index contributed by atoms with van der Waals surface area (Å²) >= 11 is 2.91. The van der Waals surface area contributed by atoms with Gasteiger partial charge in [0.05, 0.1) is 12.2 Å². The molecule has 0 radical (unpaired) electrons. The van der Waals surface area contributed by atoms with Crippen LogP contribution >= 0.6 is 23.1 Å². The zero-order valence-electron chi connectivity index (χ0n) is 15.6. The molecule has 5 nitrogen and oxygen atoms in total. The molecule has 1 aromatic carbocycles. The number of carbonyl (C=O) groups excluding carboxylic acids is 2. The smallest absolute Gasteiger partial charge is 0.341 e. The molecule has 0 saturated heterocycles. The van der Waals surface area contributed by atoms with E-state index in [1.807, 2.05) is 50.4 Å². The quantitative estimate of drug-likeness (QED) is 0.326. The number of rotatable bonds is 6. The highest BCUT2D eigenvalue weighted by atomic mass is 32.2. The van der Waals surface area contributed by atoms with Gasteiger partial charge in [-0.3, -0.25) is 4.79 Å². The van der Waals surface area contributed by atoms with E-state index < -0.39 is 11.9 Å². The molecule has 0 aliphatic heterocycles. The van der Waals surface area contributed by atoms with Gasteiger partial charge in [-0.1, -0.05) is 12.1 Å². The summed E-state index contributed by atoms with van der Waals surface area (Å²) in [7, 11) is 0. The monoisotopic (exact) mass is 400 g/mol. The van der Waals surface area contributed by atoms with Crippen LogP contribution in [0.25, 0.3) is 6.08 Å². The van der Waals surface area contributed by atoms with Crippen molar-refractivity contribution >= 4 is 46.1 Å². The molecule has 1 heterocycles. The van der Waals surface area contributed by atoms with E-state index in [-0.39, 0.29) is 12.2 Å². The molecule has 0 aliphatic carbocycles. The maximum Gasteiger partial charge on any atom is 0.341 e. The van der Waals surface area contributed by atoms with Crippen molar-refractivity contribution in [2.24, 2.45) is 0 Å². The van der Waals surface area contributed by atoms with Gasteiger partial charge in [0, 0.05) is 9.77 Å². The number of ether oxygens (including phenoxy) is 1. The molecule has 140 valence electrons. The second kappa shape index (κ2) is 9.40. The Kier molecular flexibility index (Phi) is 7.22. The highest BCUT2D eigenvalue weighted by Crippen LogP contribution is 2.33. The summed E-state index contributed by atoms with van der Waals surface area (Å²) in [5.74, 6) is -1.04. The third-order valence-corrected chi connectivity index (χ3v) is 5.75. The van der Waals surface area contributed by atoms with Gasteiger partial charge in [-0.15, -0.1) is 23.1 Å². The Hall–Kier alpha value is -2.56. The number of anilines is 1. The normalized spacial score (nSPS) is 11.0. The van der Waals surface area contributed by atoms with E-state index in [2.05, 4.69) is 5.32 Å². The third-order valence-electron chi connectivity index (χ3n) is 3.88. The Morgan fingerprint density at radius 1 is 1.30 bits per heavy atom. The van der Waals surface area contributed by atoms with Crippen molar-refractivity contribution in [2.75, 3.05) is 18.2 Å². The van der Waals surface area contributed by atoms with Crippen molar-refractivity contribution in [3.05, 3.63) is 51.4 Å². The fourth-order valence-corrected chi connectivity index (χ4v) is 3.80. The highest BCUT2D eigenvalue weighted by Gasteiger charge is 2.23. The molecule has 7 heteroatoms. The van der Waals surface area contributed by atoms with Crippen LogP contribution < -0.4 is 5.32 Å². The number of hydrogen-bond acceptors (Lipinski definition) is 6. The molecule has 1 N–H and O–H groups in total. The first kappa shape index (κ1) is 20.7. The van der Waals surface area contributed by atoms with Gasteiger partial charge in [-0.25, -0.2) is 4.79 Å². The Labute approximate surface area is 167 Å². The molecular formula is C20H20N2O3S2. The minimum atomic E-state index is -0.557. The van der Waals surface area contributed by atoms with E-state index in [9.17, 15) is 14.9 Å². The van der Waals surface area contributed by atoms with Crippen molar-refractivity contribution in [3.63, 3.8) is 0 Å². The average Bonchev–Trinajstić information content (AvgIpc) is 2.93. The summed E-state index contributed by atoms with van der Waals surface area (Å²) in [5, 5.41) is 12.5. The van der Waals surface area contributed by atoms with E-state index in [1.165, 1.54) is 17.4 Å². The summed E-state index contributed by atoms with van der Waals surface area (Å²) < 4.78 is 5.08. The van der Waals surface area contributed by atoms with Crippen LogP contribution in [0.5, 0.6) is 0 Å². The maximum absolute atomic E-state index is 12.6. The van der Waals surface area contributed by atoms with Crippen LogP contribution in [-0.4, -0.2) is 24.7 Å². The van der Waals surface area contributed by atoms with E-state index in [0.717, 1.165) is 20.9 Å². The van der Waals surface area contributed by atoms with Crippen LogP contribution in [0.2, 0.25) is 0 Å². The van der Waals surface area contributed by atoms with Crippen LogP contribution in [0.1, 0.15) is 33.3 Å². The van der Waals surface area contributed by atoms with E-state index in [0.29, 0.717) is 10.6 Å². The molecule has 0 bridgehead atoms. The summed E-state index contributed by atoms with van der Waals surface area (Å²) in [6, 6.07) is 9.47. The molecule has 27 heavy (non-hydrogen) atoms. The van der Waals surface area contributed by atoms with Crippen molar-refractivity contribution < 1.29 is 14.3 Å². The summed E-state index contributed by atoms with van der Waals surface area (Å²) in [6.07, 6.45) is 3.50. The fourth-order valence-electron chi connectivity index (χ4n) is 2.35. The topological polar surface area (TPSA) is 79.2 Å². The van der Waals surface area contributed by atoms with Crippen LogP contribution in [0.4, 0.5) is 5.00 Å². The first-order valence-corrected chi connectivity index (χ1v) is 10.3. The summed E-state index contributed by atoms with van der Waals surface area (Å²) in [4.78, 5) is 26.8. The lowest BCUT2D eigenvalue weighted by atomic mass is 10.1. The van der Waals surface area contributed by atoms with Gasteiger partial charge in [-0.2, -0.15) is 5.26 Å². The number of nitrogens with one attached hydrogen (secondary N) is 1. The lowest BCUT2D eigenvalue weighted by Crippen LogP contribution is -2.16. The lowest BCUT2D eigenvalue weighted by molar-refractivity contribution is -0.112. The Morgan fingerprint density at radius 3 is 2.52 bits per heavy atom. The minimum Gasteiger partial charge on any atom is -0.462 e. The molecule has 0 aliphatic rings. The summed E-state index contributed by atoms with van der Waals surface area (Å²) in [6.45, 7) is 5.65. The predicted octanol–water partition coefficient (Wildman–Crippen LogP) is 4.81. The first-order valence-electron chi connectivity index (χ1n) is 8.25. The van der Waals surface area contributed by atoms with Crippen molar-refractivity contribution in [1.29, 1.82) is 5.26 Å². The molecule has 0 fully saturated rings. The Bertz CT molecular complexity index is 922. The standard InChI is InChI=1S/C20H20N2O3S2/c1-5-25-20(24)17-12(2)13(3)27-19(17)22-18(23)15(11-21)10-14-6-8-16(26-4)9-7-14/h6-10H,5H2,1-4H3,(H,22,23)/b15-10+. The zero-order chi connectivity index (χ0) is 20.0.